The summed E-state index contributed by atoms with van der Waals surface area (Å²) in [6, 6.07) is 5.33. The van der Waals surface area contributed by atoms with Gasteiger partial charge >= 0.3 is 0 Å². The molecular formula is C18H27NO3. The first kappa shape index (κ1) is 18.1. The van der Waals surface area contributed by atoms with Crippen molar-refractivity contribution >= 4 is 5.91 Å². The summed E-state index contributed by atoms with van der Waals surface area (Å²) >= 11 is 0. The van der Waals surface area contributed by atoms with Crippen LogP contribution in [0.2, 0.25) is 0 Å². The van der Waals surface area contributed by atoms with Crippen molar-refractivity contribution in [1.82, 2.24) is 4.90 Å². The van der Waals surface area contributed by atoms with Crippen LogP contribution in [0.4, 0.5) is 0 Å². The number of hydrogen-bond donors (Lipinski definition) is 0. The number of ether oxygens (including phenoxy) is 2. The number of rotatable bonds is 9. The van der Waals surface area contributed by atoms with E-state index in [1.807, 2.05) is 13.8 Å². The third-order valence-corrected chi connectivity index (χ3v) is 3.30. The summed E-state index contributed by atoms with van der Waals surface area (Å²) in [5, 5.41) is 0. The zero-order valence-corrected chi connectivity index (χ0v) is 14.1. The van der Waals surface area contributed by atoms with E-state index in [1.54, 1.807) is 30.2 Å². The highest BCUT2D eigenvalue weighted by Crippen LogP contribution is 2.28. The van der Waals surface area contributed by atoms with Crippen LogP contribution < -0.4 is 9.47 Å². The van der Waals surface area contributed by atoms with Crippen LogP contribution in [0.25, 0.3) is 0 Å². The van der Waals surface area contributed by atoms with Crippen molar-refractivity contribution in [3.05, 3.63) is 35.9 Å². The molecule has 0 spiro atoms. The molecule has 0 radical (unpaired) electrons. The minimum Gasteiger partial charge on any atom is -0.493 e. The van der Waals surface area contributed by atoms with Gasteiger partial charge in [-0.1, -0.05) is 25.5 Å². The van der Waals surface area contributed by atoms with E-state index in [1.165, 1.54) is 0 Å². The van der Waals surface area contributed by atoms with Crippen molar-refractivity contribution < 1.29 is 14.3 Å². The van der Waals surface area contributed by atoms with Crippen LogP contribution in [-0.4, -0.2) is 37.6 Å². The molecule has 1 aromatic rings. The number of amides is 1. The molecule has 1 amide bonds. The van der Waals surface area contributed by atoms with Crippen molar-refractivity contribution in [2.24, 2.45) is 0 Å². The minimum absolute atomic E-state index is 0.0242. The highest BCUT2D eigenvalue weighted by atomic mass is 16.5. The summed E-state index contributed by atoms with van der Waals surface area (Å²) in [6.07, 6.45) is 2.07. The number of methoxy groups -OCH3 is 1. The third-order valence-electron chi connectivity index (χ3n) is 3.30. The summed E-state index contributed by atoms with van der Waals surface area (Å²) < 4.78 is 11.0. The zero-order chi connectivity index (χ0) is 16.5. The molecule has 0 aliphatic carbocycles. The van der Waals surface area contributed by atoms with Crippen molar-refractivity contribution in [3.63, 3.8) is 0 Å². The molecule has 4 nitrogen and oxygen atoms in total. The quantitative estimate of drug-likeness (QED) is 0.513. The van der Waals surface area contributed by atoms with Crippen LogP contribution in [-0.2, 0) is 0 Å². The molecule has 0 bridgehead atoms. The summed E-state index contributed by atoms with van der Waals surface area (Å²) in [5.41, 5.74) is 1.56. The van der Waals surface area contributed by atoms with E-state index in [9.17, 15) is 4.79 Å². The molecule has 22 heavy (non-hydrogen) atoms. The van der Waals surface area contributed by atoms with Crippen LogP contribution in [0.1, 0.15) is 44.0 Å². The van der Waals surface area contributed by atoms with Gasteiger partial charge in [0, 0.05) is 18.7 Å². The number of likely N-dealkylation sites (N-methyl/N-ethyl adjacent to an activating group) is 1. The Morgan fingerprint density at radius 1 is 1.27 bits per heavy atom. The first-order valence-corrected chi connectivity index (χ1v) is 7.77. The van der Waals surface area contributed by atoms with Crippen LogP contribution >= 0.6 is 0 Å². The van der Waals surface area contributed by atoms with Gasteiger partial charge in [0.1, 0.15) is 0 Å². The van der Waals surface area contributed by atoms with Gasteiger partial charge in [0.05, 0.1) is 13.7 Å². The second-order valence-corrected chi connectivity index (χ2v) is 5.34. The smallest absolute Gasteiger partial charge is 0.254 e. The fraction of sp³-hybridized carbons (Fsp3) is 0.500. The summed E-state index contributed by atoms with van der Waals surface area (Å²) in [4.78, 5) is 14.3. The van der Waals surface area contributed by atoms with Crippen LogP contribution in [0.3, 0.4) is 0 Å². The van der Waals surface area contributed by atoms with Crippen LogP contribution in [0.5, 0.6) is 11.5 Å². The zero-order valence-electron chi connectivity index (χ0n) is 14.1. The molecule has 122 valence electrons. The van der Waals surface area contributed by atoms with E-state index in [0.717, 1.165) is 18.4 Å². The van der Waals surface area contributed by atoms with Crippen LogP contribution in [0, 0.1) is 0 Å². The topological polar surface area (TPSA) is 38.8 Å². The Hall–Kier alpha value is -1.97. The normalized spacial score (nSPS) is 10.2. The Morgan fingerprint density at radius 2 is 2.00 bits per heavy atom. The summed E-state index contributed by atoms with van der Waals surface area (Å²) in [7, 11) is 1.59. The Balaban J connectivity index is 2.91. The SMILES string of the molecule is C=C(C)CN(CC)C(=O)c1ccc(OCCCC)c(OC)c1. The standard InChI is InChI=1S/C18H27NO3/c1-6-8-11-22-16-10-9-15(12-17(16)21-5)18(20)19(7-2)13-14(3)4/h9-10,12H,3,6-8,11,13H2,1-2,4-5H3. The largest absolute Gasteiger partial charge is 0.493 e. The number of unbranched alkanes of at least 4 members (excludes halogenated alkanes) is 1. The number of hydrogen-bond acceptors (Lipinski definition) is 3. The lowest BCUT2D eigenvalue weighted by atomic mass is 10.1. The molecule has 1 aromatic carbocycles. The van der Waals surface area contributed by atoms with E-state index in [-0.39, 0.29) is 5.91 Å². The van der Waals surface area contributed by atoms with Gasteiger partial charge in [-0.15, -0.1) is 0 Å². The monoisotopic (exact) mass is 305 g/mol. The second-order valence-electron chi connectivity index (χ2n) is 5.34. The van der Waals surface area contributed by atoms with Gasteiger partial charge in [-0.3, -0.25) is 4.79 Å². The number of carbonyl (C=O) groups is 1. The lowest BCUT2D eigenvalue weighted by molar-refractivity contribution is 0.0778. The fourth-order valence-corrected chi connectivity index (χ4v) is 2.08. The molecule has 0 saturated carbocycles. The predicted molar refractivity (Wildman–Crippen MR) is 89.8 cm³/mol. The first-order valence-electron chi connectivity index (χ1n) is 7.77. The van der Waals surface area contributed by atoms with Gasteiger partial charge in [0.25, 0.3) is 5.91 Å². The molecule has 0 aliphatic heterocycles. The van der Waals surface area contributed by atoms with E-state index in [0.29, 0.717) is 36.8 Å². The molecule has 0 fully saturated rings. The number of nitrogens with zero attached hydrogens (tertiary/aromatic N) is 1. The van der Waals surface area contributed by atoms with Gasteiger partial charge in [-0.05, 0) is 38.5 Å². The van der Waals surface area contributed by atoms with E-state index < -0.39 is 0 Å². The van der Waals surface area contributed by atoms with Gasteiger partial charge in [-0.2, -0.15) is 0 Å². The van der Waals surface area contributed by atoms with Gasteiger partial charge < -0.3 is 14.4 Å². The fourth-order valence-electron chi connectivity index (χ4n) is 2.08. The van der Waals surface area contributed by atoms with Crippen LogP contribution in [0.15, 0.2) is 30.4 Å². The maximum atomic E-state index is 12.5. The average molecular weight is 305 g/mol. The second kappa shape index (κ2) is 9.13. The first-order chi connectivity index (χ1) is 10.5. The molecule has 1 rings (SSSR count). The summed E-state index contributed by atoms with van der Waals surface area (Å²) in [5.74, 6) is 1.24. The Kier molecular flexibility index (Phi) is 7.50. The lowest BCUT2D eigenvalue weighted by Gasteiger charge is -2.21. The Morgan fingerprint density at radius 3 is 2.55 bits per heavy atom. The Labute approximate surface area is 133 Å². The van der Waals surface area contributed by atoms with Gasteiger partial charge in [-0.25, -0.2) is 0 Å². The molecule has 0 saturated heterocycles. The maximum Gasteiger partial charge on any atom is 0.254 e. The summed E-state index contributed by atoms with van der Waals surface area (Å²) in [6.45, 7) is 11.7. The lowest BCUT2D eigenvalue weighted by Crippen LogP contribution is -2.32. The number of benzene rings is 1. The molecule has 0 unspecified atom stereocenters. The van der Waals surface area contributed by atoms with Gasteiger partial charge in [0.2, 0.25) is 0 Å². The molecular weight excluding hydrogens is 278 g/mol. The Bertz CT molecular complexity index is 511. The van der Waals surface area contributed by atoms with Crippen molar-refractivity contribution in [1.29, 1.82) is 0 Å². The molecule has 0 aromatic heterocycles. The number of carbonyl (C=O) groups excluding carboxylic acids is 1. The molecule has 0 N–H and O–H groups in total. The molecule has 0 aliphatic rings. The maximum absolute atomic E-state index is 12.5. The highest BCUT2D eigenvalue weighted by Gasteiger charge is 2.16. The predicted octanol–water partition coefficient (Wildman–Crippen LogP) is 3.91. The molecule has 4 heteroatoms. The van der Waals surface area contributed by atoms with E-state index >= 15 is 0 Å². The minimum atomic E-state index is -0.0242. The van der Waals surface area contributed by atoms with E-state index in [2.05, 4.69) is 13.5 Å². The van der Waals surface area contributed by atoms with Crippen molar-refractivity contribution in [2.45, 2.75) is 33.6 Å². The van der Waals surface area contributed by atoms with Gasteiger partial charge in [0.15, 0.2) is 11.5 Å². The molecule has 0 heterocycles. The highest BCUT2D eigenvalue weighted by molar-refractivity contribution is 5.95. The van der Waals surface area contributed by atoms with Crippen molar-refractivity contribution in [2.75, 3.05) is 26.8 Å². The third kappa shape index (κ3) is 5.10. The van der Waals surface area contributed by atoms with E-state index in [4.69, 9.17) is 9.47 Å². The molecule has 0 atom stereocenters. The van der Waals surface area contributed by atoms with Crippen molar-refractivity contribution in [3.8, 4) is 11.5 Å². The average Bonchev–Trinajstić information content (AvgIpc) is 2.52.